The minimum absolute atomic E-state index is 0.693. The Hall–Kier alpha value is -1.36. The first-order valence-electron chi connectivity index (χ1n) is 6.53. The molecule has 0 radical (unpaired) electrons. The normalized spacial score (nSPS) is 16.3. The minimum atomic E-state index is 0.693. The number of nitrogens with one attached hydrogen (secondary N) is 2. The second-order valence-corrected chi connectivity index (χ2v) is 5.71. The van der Waals surface area contributed by atoms with Crippen molar-refractivity contribution in [1.29, 1.82) is 0 Å². The van der Waals surface area contributed by atoms with Gasteiger partial charge in [0.1, 0.15) is 10.6 Å². The molecule has 4 nitrogen and oxygen atoms in total. The lowest BCUT2D eigenvalue weighted by molar-refractivity contribution is 0.579. The fraction of sp³-hybridized carbons (Fsp3) is 0.538. The van der Waals surface area contributed by atoms with Crippen molar-refractivity contribution in [2.75, 3.05) is 24.2 Å². The number of anilines is 2. The third kappa shape index (κ3) is 2.27. The number of nitrogens with zero attached hydrogens (tertiary/aromatic N) is 2. The van der Waals surface area contributed by atoms with Crippen molar-refractivity contribution in [3.63, 3.8) is 0 Å². The highest BCUT2D eigenvalue weighted by molar-refractivity contribution is 7.16. The van der Waals surface area contributed by atoms with Gasteiger partial charge in [-0.15, -0.1) is 11.3 Å². The van der Waals surface area contributed by atoms with Crippen LogP contribution >= 0.6 is 11.3 Å². The van der Waals surface area contributed by atoms with Gasteiger partial charge in [0, 0.05) is 13.6 Å². The molecule has 2 aromatic heterocycles. The molecule has 1 aliphatic rings. The summed E-state index contributed by atoms with van der Waals surface area (Å²) in [5.41, 5.74) is 0. The van der Waals surface area contributed by atoms with Crippen LogP contribution in [0.15, 0.2) is 11.4 Å². The van der Waals surface area contributed by atoms with Crippen LogP contribution < -0.4 is 10.6 Å². The van der Waals surface area contributed by atoms with Gasteiger partial charge >= 0.3 is 0 Å². The molecule has 0 amide bonds. The summed E-state index contributed by atoms with van der Waals surface area (Å²) in [7, 11) is 1.86. The summed E-state index contributed by atoms with van der Waals surface area (Å²) < 4.78 is 0. The lowest BCUT2D eigenvalue weighted by Gasteiger charge is -2.12. The lowest BCUT2D eigenvalue weighted by Crippen LogP contribution is -2.12. The van der Waals surface area contributed by atoms with Crippen molar-refractivity contribution < 1.29 is 0 Å². The van der Waals surface area contributed by atoms with Crippen molar-refractivity contribution in [3.05, 3.63) is 11.4 Å². The molecule has 0 unspecified atom stereocenters. The quantitative estimate of drug-likeness (QED) is 0.887. The predicted molar refractivity (Wildman–Crippen MR) is 77.4 cm³/mol. The number of fused-ring (bicyclic) bond motifs is 1. The molecular weight excluding hydrogens is 244 g/mol. The van der Waals surface area contributed by atoms with Gasteiger partial charge in [0.15, 0.2) is 0 Å². The van der Waals surface area contributed by atoms with E-state index < -0.39 is 0 Å². The summed E-state index contributed by atoms with van der Waals surface area (Å²) in [6.07, 6.45) is 5.46. The van der Waals surface area contributed by atoms with Crippen LogP contribution in [0.3, 0.4) is 0 Å². The van der Waals surface area contributed by atoms with E-state index in [-0.39, 0.29) is 0 Å². The van der Waals surface area contributed by atoms with Gasteiger partial charge in [0.25, 0.3) is 0 Å². The molecule has 5 heteroatoms. The predicted octanol–water partition coefficient (Wildman–Crippen LogP) is 3.34. The molecule has 3 rings (SSSR count). The first-order chi connectivity index (χ1) is 8.86. The molecule has 96 valence electrons. The number of rotatable bonds is 4. The molecule has 1 aliphatic carbocycles. The molecule has 2 aromatic rings. The van der Waals surface area contributed by atoms with Gasteiger partial charge in [-0.1, -0.05) is 12.8 Å². The van der Waals surface area contributed by atoms with Crippen molar-refractivity contribution in [1.82, 2.24) is 9.97 Å². The Kier molecular flexibility index (Phi) is 3.32. The van der Waals surface area contributed by atoms with E-state index in [4.69, 9.17) is 0 Å². The third-order valence-corrected chi connectivity index (χ3v) is 4.39. The first-order valence-corrected chi connectivity index (χ1v) is 7.41. The number of hydrogen-bond acceptors (Lipinski definition) is 5. The molecule has 0 atom stereocenters. The van der Waals surface area contributed by atoms with Gasteiger partial charge in [-0.2, -0.15) is 4.98 Å². The SMILES string of the molecule is CNc1nc(NCC2CCCC2)c2ccsc2n1. The van der Waals surface area contributed by atoms with Crippen LogP contribution in [0.2, 0.25) is 0 Å². The summed E-state index contributed by atoms with van der Waals surface area (Å²) >= 11 is 1.66. The molecule has 2 N–H and O–H groups in total. The molecule has 2 heterocycles. The molecule has 0 bridgehead atoms. The van der Waals surface area contributed by atoms with Crippen molar-refractivity contribution in [2.24, 2.45) is 5.92 Å². The van der Waals surface area contributed by atoms with Gasteiger partial charge in [0.05, 0.1) is 5.39 Å². The van der Waals surface area contributed by atoms with Crippen molar-refractivity contribution in [3.8, 4) is 0 Å². The highest BCUT2D eigenvalue weighted by Gasteiger charge is 2.16. The zero-order valence-electron chi connectivity index (χ0n) is 10.6. The number of hydrogen-bond donors (Lipinski definition) is 2. The smallest absolute Gasteiger partial charge is 0.225 e. The molecule has 0 spiro atoms. The Bertz CT molecular complexity index is 531. The molecule has 0 saturated heterocycles. The van der Waals surface area contributed by atoms with Crippen molar-refractivity contribution >= 4 is 33.3 Å². The average Bonchev–Trinajstić information content (AvgIpc) is 3.06. The maximum absolute atomic E-state index is 4.53. The Morgan fingerprint density at radius 3 is 2.94 bits per heavy atom. The zero-order chi connectivity index (χ0) is 12.4. The van der Waals surface area contributed by atoms with E-state index in [0.29, 0.717) is 5.95 Å². The maximum Gasteiger partial charge on any atom is 0.225 e. The van der Waals surface area contributed by atoms with E-state index >= 15 is 0 Å². The summed E-state index contributed by atoms with van der Waals surface area (Å²) in [6.45, 7) is 1.03. The number of thiophene rings is 1. The minimum Gasteiger partial charge on any atom is -0.369 e. The van der Waals surface area contributed by atoms with E-state index in [9.17, 15) is 0 Å². The van der Waals surface area contributed by atoms with Gasteiger partial charge in [-0.3, -0.25) is 0 Å². The highest BCUT2D eigenvalue weighted by atomic mass is 32.1. The summed E-state index contributed by atoms with van der Waals surface area (Å²) in [4.78, 5) is 10.0. The zero-order valence-corrected chi connectivity index (χ0v) is 11.4. The Morgan fingerprint density at radius 1 is 1.33 bits per heavy atom. The molecule has 0 aliphatic heterocycles. The average molecular weight is 262 g/mol. The second-order valence-electron chi connectivity index (χ2n) is 4.82. The van der Waals surface area contributed by atoms with Gasteiger partial charge < -0.3 is 10.6 Å². The van der Waals surface area contributed by atoms with Crippen LogP contribution in [0.25, 0.3) is 10.2 Å². The number of aromatic nitrogens is 2. The fourth-order valence-electron chi connectivity index (χ4n) is 2.56. The third-order valence-electron chi connectivity index (χ3n) is 3.58. The molecule has 0 aromatic carbocycles. The molecular formula is C13H18N4S. The Labute approximate surface area is 111 Å². The second kappa shape index (κ2) is 5.10. The topological polar surface area (TPSA) is 49.8 Å². The lowest BCUT2D eigenvalue weighted by atomic mass is 10.1. The van der Waals surface area contributed by atoms with E-state index in [1.165, 1.54) is 25.7 Å². The van der Waals surface area contributed by atoms with E-state index in [1.54, 1.807) is 11.3 Å². The molecule has 1 fully saturated rings. The van der Waals surface area contributed by atoms with Crippen LogP contribution in [0.1, 0.15) is 25.7 Å². The van der Waals surface area contributed by atoms with Crippen molar-refractivity contribution in [2.45, 2.75) is 25.7 Å². The fourth-order valence-corrected chi connectivity index (χ4v) is 3.32. The van der Waals surface area contributed by atoms with Gasteiger partial charge in [0.2, 0.25) is 5.95 Å². The largest absolute Gasteiger partial charge is 0.369 e. The summed E-state index contributed by atoms with van der Waals surface area (Å²) in [6, 6.07) is 2.09. The van der Waals surface area contributed by atoms with Gasteiger partial charge in [-0.05, 0) is 30.2 Å². The Balaban J connectivity index is 1.82. The summed E-state index contributed by atoms with van der Waals surface area (Å²) in [5, 5.41) is 9.73. The van der Waals surface area contributed by atoms with Crippen LogP contribution in [-0.4, -0.2) is 23.6 Å². The summed E-state index contributed by atoms with van der Waals surface area (Å²) in [5.74, 6) is 2.48. The molecule has 1 saturated carbocycles. The molecule has 18 heavy (non-hydrogen) atoms. The van der Waals surface area contributed by atoms with Crippen LogP contribution in [-0.2, 0) is 0 Å². The van der Waals surface area contributed by atoms with Crippen LogP contribution in [0, 0.1) is 5.92 Å². The van der Waals surface area contributed by atoms with Crippen LogP contribution in [0.5, 0.6) is 0 Å². The highest BCUT2D eigenvalue weighted by Crippen LogP contribution is 2.28. The maximum atomic E-state index is 4.53. The first kappa shape index (κ1) is 11.7. The van der Waals surface area contributed by atoms with E-state index in [1.807, 2.05) is 7.05 Å². The Morgan fingerprint density at radius 2 is 2.17 bits per heavy atom. The standard InChI is InChI=1S/C13H18N4S/c1-14-13-16-11(10-6-7-18-12(10)17-13)15-8-9-4-2-3-5-9/h6-7,9H,2-5,8H2,1H3,(H2,14,15,16,17). The van der Waals surface area contributed by atoms with Crippen LogP contribution in [0.4, 0.5) is 11.8 Å². The van der Waals surface area contributed by atoms with Gasteiger partial charge in [-0.25, -0.2) is 4.98 Å². The monoisotopic (exact) mass is 262 g/mol. The van der Waals surface area contributed by atoms with E-state index in [2.05, 4.69) is 32.0 Å². The van der Waals surface area contributed by atoms with E-state index in [0.717, 1.165) is 28.5 Å².